The molecule has 5 nitrogen and oxygen atoms in total. The highest BCUT2D eigenvalue weighted by atomic mass is 19.1. The summed E-state index contributed by atoms with van der Waals surface area (Å²) in [6.07, 6.45) is 0. The Bertz CT molecular complexity index is 647. The Morgan fingerprint density at radius 1 is 1.16 bits per heavy atom. The first-order valence-electron chi connectivity index (χ1n) is 5.15. The van der Waals surface area contributed by atoms with Gasteiger partial charge in [-0.05, 0) is 24.3 Å². The van der Waals surface area contributed by atoms with E-state index in [1.807, 2.05) is 0 Å². The summed E-state index contributed by atoms with van der Waals surface area (Å²) in [5.41, 5.74) is 4.89. The molecule has 98 valence electrons. The van der Waals surface area contributed by atoms with E-state index in [0.29, 0.717) is 6.07 Å². The molecule has 0 unspecified atom stereocenters. The number of nitrogen functional groups attached to an aromatic ring is 1. The van der Waals surface area contributed by atoms with Crippen LogP contribution in [0.3, 0.4) is 0 Å². The van der Waals surface area contributed by atoms with Crippen LogP contribution in [-0.4, -0.2) is 4.92 Å². The summed E-state index contributed by atoms with van der Waals surface area (Å²) in [6, 6.07) is 6.67. The van der Waals surface area contributed by atoms with Crippen LogP contribution in [0.15, 0.2) is 36.4 Å². The number of hydrogen-bond acceptors (Lipinski definition) is 4. The number of anilines is 1. The van der Waals surface area contributed by atoms with Crippen molar-refractivity contribution in [3.8, 4) is 11.5 Å². The van der Waals surface area contributed by atoms with Crippen LogP contribution in [0.2, 0.25) is 0 Å². The van der Waals surface area contributed by atoms with Gasteiger partial charge < -0.3 is 10.5 Å². The molecule has 0 heterocycles. The van der Waals surface area contributed by atoms with Crippen molar-refractivity contribution in [2.24, 2.45) is 0 Å². The summed E-state index contributed by atoms with van der Waals surface area (Å²) in [6.45, 7) is 0. The van der Waals surface area contributed by atoms with Gasteiger partial charge in [-0.2, -0.15) is 0 Å². The van der Waals surface area contributed by atoms with Crippen LogP contribution in [-0.2, 0) is 0 Å². The minimum absolute atomic E-state index is 0.106. The fraction of sp³-hybridized carbons (Fsp3) is 0. The van der Waals surface area contributed by atoms with Crippen LogP contribution in [0.25, 0.3) is 0 Å². The molecule has 0 radical (unpaired) electrons. The summed E-state index contributed by atoms with van der Waals surface area (Å²) < 4.78 is 31.2. The Labute approximate surface area is 106 Å². The summed E-state index contributed by atoms with van der Waals surface area (Å²) in [4.78, 5) is 10.1. The third-order valence-electron chi connectivity index (χ3n) is 2.33. The normalized spacial score (nSPS) is 10.2. The first-order chi connectivity index (χ1) is 8.99. The molecule has 0 spiro atoms. The minimum atomic E-state index is -0.961. The van der Waals surface area contributed by atoms with E-state index in [0.717, 1.165) is 12.1 Å². The van der Waals surface area contributed by atoms with Gasteiger partial charge in [-0.15, -0.1) is 0 Å². The highest BCUT2D eigenvalue weighted by molar-refractivity contribution is 5.66. The zero-order valence-electron chi connectivity index (χ0n) is 9.47. The van der Waals surface area contributed by atoms with Gasteiger partial charge in [0.25, 0.3) is 0 Å². The maximum Gasteiger partial charge on any atom is 0.334 e. The number of hydrogen-bond donors (Lipinski definition) is 1. The molecule has 0 fully saturated rings. The number of para-hydroxylation sites is 1. The number of ether oxygens (including phenoxy) is 1. The lowest BCUT2D eigenvalue weighted by Crippen LogP contribution is -1.99. The zero-order chi connectivity index (χ0) is 14.0. The molecular weight excluding hydrogens is 258 g/mol. The van der Waals surface area contributed by atoms with Crippen molar-refractivity contribution in [3.05, 3.63) is 58.1 Å². The Kier molecular flexibility index (Phi) is 3.28. The standard InChI is InChI=1S/C12H8F2N2O3/c13-7-4-5-10(8(14)6-7)19-11-3-1-2-9(15)12(11)16(17)18/h1-6H,15H2. The summed E-state index contributed by atoms with van der Waals surface area (Å²) in [5.74, 6) is -2.27. The van der Waals surface area contributed by atoms with E-state index in [9.17, 15) is 18.9 Å². The van der Waals surface area contributed by atoms with Crippen LogP contribution >= 0.6 is 0 Å². The largest absolute Gasteiger partial charge is 0.447 e. The van der Waals surface area contributed by atoms with Crippen LogP contribution in [0, 0.1) is 21.7 Å². The first-order valence-corrected chi connectivity index (χ1v) is 5.15. The Morgan fingerprint density at radius 3 is 2.53 bits per heavy atom. The lowest BCUT2D eigenvalue weighted by Gasteiger charge is -2.08. The summed E-state index contributed by atoms with van der Waals surface area (Å²) in [5, 5.41) is 10.9. The third kappa shape index (κ3) is 2.59. The Balaban J connectivity index is 2.44. The molecule has 0 aliphatic carbocycles. The number of nitrogens with zero attached hydrogens (tertiary/aromatic N) is 1. The minimum Gasteiger partial charge on any atom is -0.447 e. The molecule has 2 rings (SSSR count). The van der Waals surface area contributed by atoms with Crippen LogP contribution < -0.4 is 10.5 Å². The predicted molar refractivity (Wildman–Crippen MR) is 63.9 cm³/mol. The average molecular weight is 266 g/mol. The molecule has 2 N–H and O–H groups in total. The molecule has 19 heavy (non-hydrogen) atoms. The van der Waals surface area contributed by atoms with Crippen molar-refractivity contribution in [1.82, 2.24) is 0 Å². The maximum atomic E-state index is 13.4. The number of benzene rings is 2. The second-order valence-electron chi connectivity index (χ2n) is 3.63. The SMILES string of the molecule is Nc1cccc(Oc2ccc(F)cc2F)c1[N+](=O)[O-]. The van der Waals surface area contributed by atoms with Gasteiger partial charge in [0.1, 0.15) is 11.5 Å². The molecule has 2 aromatic rings. The topological polar surface area (TPSA) is 78.4 Å². The second-order valence-corrected chi connectivity index (χ2v) is 3.63. The van der Waals surface area contributed by atoms with Crippen molar-refractivity contribution >= 4 is 11.4 Å². The van der Waals surface area contributed by atoms with E-state index in [1.165, 1.54) is 18.2 Å². The van der Waals surface area contributed by atoms with Crippen molar-refractivity contribution in [3.63, 3.8) is 0 Å². The maximum absolute atomic E-state index is 13.4. The van der Waals surface area contributed by atoms with Crippen LogP contribution in [0.5, 0.6) is 11.5 Å². The second kappa shape index (κ2) is 4.89. The molecule has 0 amide bonds. The highest BCUT2D eigenvalue weighted by Crippen LogP contribution is 2.36. The van der Waals surface area contributed by atoms with E-state index >= 15 is 0 Å². The van der Waals surface area contributed by atoms with E-state index < -0.39 is 22.2 Å². The summed E-state index contributed by atoms with van der Waals surface area (Å²) >= 11 is 0. The average Bonchev–Trinajstić information content (AvgIpc) is 2.32. The van der Waals surface area contributed by atoms with Gasteiger partial charge in [-0.3, -0.25) is 10.1 Å². The fourth-order valence-electron chi connectivity index (χ4n) is 1.49. The van der Waals surface area contributed by atoms with E-state index in [2.05, 4.69) is 0 Å². The number of rotatable bonds is 3. The van der Waals surface area contributed by atoms with Crippen LogP contribution in [0.1, 0.15) is 0 Å². The molecule has 0 atom stereocenters. The molecular formula is C12H8F2N2O3. The predicted octanol–water partition coefficient (Wildman–Crippen LogP) is 3.25. The molecule has 0 bridgehead atoms. The number of nitro groups is 1. The highest BCUT2D eigenvalue weighted by Gasteiger charge is 2.20. The molecule has 0 aromatic heterocycles. The first kappa shape index (κ1) is 12.7. The van der Waals surface area contributed by atoms with Crippen molar-refractivity contribution < 1.29 is 18.4 Å². The quantitative estimate of drug-likeness (QED) is 0.525. The number of halogens is 2. The third-order valence-corrected chi connectivity index (χ3v) is 2.33. The molecule has 2 aromatic carbocycles. The lowest BCUT2D eigenvalue weighted by molar-refractivity contribution is -0.384. The van der Waals surface area contributed by atoms with Gasteiger partial charge in [-0.25, -0.2) is 8.78 Å². The number of nitro benzene ring substituents is 1. The van der Waals surface area contributed by atoms with Gasteiger partial charge in [0.15, 0.2) is 11.6 Å². The van der Waals surface area contributed by atoms with Gasteiger partial charge in [0.2, 0.25) is 5.75 Å². The smallest absolute Gasteiger partial charge is 0.334 e. The van der Waals surface area contributed by atoms with Gasteiger partial charge in [0, 0.05) is 6.07 Å². The fourth-order valence-corrected chi connectivity index (χ4v) is 1.49. The Hall–Kier alpha value is -2.70. The molecule has 0 aliphatic heterocycles. The monoisotopic (exact) mass is 266 g/mol. The summed E-state index contributed by atoms with van der Waals surface area (Å²) in [7, 11) is 0. The molecule has 0 saturated heterocycles. The van der Waals surface area contributed by atoms with Gasteiger partial charge in [-0.1, -0.05) is 6.07 Å². The molecule has 0 saturated carbocycles. The molecule has 7 heteroatoms. The van der Waals surface area contributed by atoms with Gasteiger partial charge >= 0.3 is 5.69 Å². The van der Waals surface area contributed by atoms with E-state index in [4.69, 9.17) is 10.5 Å². The van der Waals surface area contributed by atoms with Crippen molar-refractivity contribution in [2.45, 2.75) is 0 Å². The lowest BCUT2D eigenvalue weighted by atomic mass is 10.2. The number of nitrogens with two attached hydrogens (primary N) is 1. The van der Waals surface area contributed by atoms with E-state index in [-0.39, 0.29) is 17.2 Å². The van der Waals surface area contributed by atoms with Gasteiger partial charge in [0.05, 0.1) is 4.92 Å². The van der Waals surface area contributed by atoms with Crippen molar-refractivity contribution in [1.29, 1.82) is 0 Å². The van der Waals surface area contributed by atoms with E-state index in [1.54, 1.807) is 0 Å². The van der Waals surface area contributed by atoms with Crippen LogP contribution in [0.4, 0.5) is 20.2 Å². The zero-order valence-corrected chi connectivity index (χ0v) is 9.47. The molecule has 0 aliphatic rings. The van der Waals surface area contributed by atoms with Crippen molar-refractivity contribution in [2.75, 3.05) is 5.73 Å². The Morgan fingerprint density at radius 2 is 1.89 bits per heavy atom.